The number of rotatable bonds is 5. The zero-order valence-corrected chi connectivity index (χ0v) is 12.3. The van der Waals surface area contributed by atoms with Gasteiger partial charge in [0.25, 0.3) is 0 Å². The van der Waals surface area contributed by atoms with Crippen molar-refractivity contribution >= 4 is 5.69 Å². The minimum Gasteiger partial charge on any atom is -0.490 e. The lowest BCUT2D eigenvalue weighted by atomic mass is 10.1. The first kappa shape index (κ1) is 14.3. The molecule has 0 aliphatic carbocycles. The van der Waals surface area contributed by atoms with Gasteiger partial charge in [-0.3, -0.25) is 0 Å². The molecule has 0 saturated heterocycles. The van der Waals surface area contributed by atoms with Crippen molar-refractivity contribution in [2.24, 2.45) is 0 Å². The van der Waals surface area contributed by atoms with Crippen LogP contribution in [0.3, 0.4) is 0 Å². The van der Waals surface area contributed by atoms with E-state index in [0.29, 0.717) is 18.9 Å². The number of benzene rings is 2. The summed E-state index contributed by atoms with van der Waals surface area (Å²) in [6.45, 7) is 7.13. The van der Waals surface area contributed by atoms with Gasteiger partial charge in [0, 0.05) is 11.8 Å². The lowest BCUT2D eigenvalue weighted by Gasteiger charge is -2.12. The Morgan fingerprint density at radius 2 is 1.50 bits per heavy atom. The molecule has 106 valence electrons. The van der Waals surface area contributed by atoms with E-state index in [1.54, 1.807) is 0 Å². The van der Waals surface area contributed by atoms with Gasteiger partial charge in [-0.05, 0) is 44.0 Å². The van der Waals surface area contributed by atoms with Crippen molar-refractivity contribution in [3.8, 4) is 11.5 Å². The van der Waals surface area contributed by atoms with Gasteiger partial charge in [-0.1, -0.05) is 23.8 Å². The van der Waals surface area contributed by atoms with Crippen LogP contribution >= 0.6 is 0 Å². The summed E-state index contributed by atoms with van der Waals surface area (Å²) in [5, 5.41) is 0. The molecule has 0 aromatic heterocycles. The van der Waals surface area contributed by atoms with Crippen molar-refractivity contribution in [2.75, 3.05) is 18.9 Å². The van der Waals surface area contributed by atoms with Crippen LogP contribution < -0.4 is 15.2 Å². The molecular weight excluding hydrogens is 250 g/mol. The van der Waals surface area contributed by atoms with Crippen LogP contribution in [0, 0.1) is 20.8 Å². The van der Waals surface area contributed by atoms with E-state index in [2.05, 4.69) is 13.0 Å². The van der Waals surface area contributed by atoms with Gasteiger partial charge in [0.05, 0.1) is 0 Å². The molecule has 3 nitrogen and oxygen atoms in total. The van der Waals surface area contributed by atoms with Crippen LogP contribution in [0.15, 0.2) is 36.4 Å². The molecular formula is C17H21NO2. The predicted molar refractivity (Wildman–Crippen MR) is 82.5 cm³/mol. The van der Waals surface area contributed by atoms with E-state index in [1.165, 1.54) is 5.56 Å². The smallest absolute Gasteiger partial charge is 0.124 e. The van der Waals surface area contributed by atoms with E-state index in [1.807, 2.05) is 44.2 Å². The van der Waals surface area contributed by atoms with Crippen molar-refractivity contribution in [2.45, 2.75) is 20.8 Å². The monoisotopic (exact) mass is 271 g/mol. The molecule has 0 fully saturated rings. The maximum atomic E-state index is 5.75. The van der Waals surface area contributed by atoms with Crippen molar-refractivity contribution in [1.82, 2.24) is 0 Å². The zero-order valence-electron chi connectivity index (χ0n) is 12.3. The van der Waals surface area contributed by atoms with Crippen LogP contribution in [-0.4, -0.2) is 13.2 Å². The first-order valence-corrected chi connectivity index (χ1v) is 6.75. The highest BCUT2D eigenvalue weighted by Crippen LogP contribution is 2.21. The van der Waals surface area contributed by atoms with E-state index in [0.717, 1.165) is 22.6 Å². The second-order valence-corrected chi connectivity index (χ2v) is 4.99. The van der Waals surface area contributed by atoms with Crippen LogP contribution in [-0.2, 0) is 0 Å². The van der Waals surface area contributed by atoms with E-state index in [4.69, 9.17) is 15.2 Å². The maximum absolute atomic E-state index is 5.75. The summed E-state index contributed by atoms with van der Waals surface area (Å²) in [5.41, 5.74) is 9.91. The van der Waals surface area contributed by atoms with Gasteiger partial charge < -0.3 is 15.2 Å². The molecule has 0 bridgehead atoms. The summed E-state index contributed by atoms with van der Waals surface area (Å²) in [7, 11) is 0. The SMILES string of the molecule is Cc1ccc(OCCOc2cc(N)ccc2C)c(C)c1. The molecule has 0 heterocycles. The van der Waals surface area contributed by atoms with Gasteiger partial charge in [0.2, 0.25) is 0 Å². The molecule has 0 spiro atoms. The number of ether oxygens (including phenoxy) is 2. The molecule has 20 heavy (non-hydrogen) atoms. The summed E-state index contributed by atoms with van der Waals surface area (Å²) < 4.78 is 11.4. The predicted octanol–water partition coefficient (Wildman–Crippen LogP) is 3.65. The Hall–Kier alpha value is -2.16. The van der Waals surface area contributed by atoms with Crippen molar-refractivity contribution in [1.29, 1.82) is 0 Å². The molecule has 0 aliphatic heterocycles. The fourth-order valence-electron chi connectivity index (χ4n) is 2.04. The highest BCUT2D eigenvalue weighted by Gasteiger charge is 2.02. The third kappa shape index (κ3) is 3.67. The zero-order chi connectivity index (χ0) is 14.5. The number of nitrogens with two attached hydrogens (primary N) is 1. The Kier molecular flexibility index (Phi) is 4.51. The Morgan fingerprint density at radius 1 is 0.800 bits per heavy atom. The van der Waals surface area contributed by atoms with Gasteiger partial charge in [-0.25, -0.2) is 0 Å². The first-order chi connectivity index (χ1) is 9.56. The van der Waals surface area contributed by atoms with E-state index in [-0.39, 0.29) is 0 Å². The largest absolute Gasteiger partial charge is 0.490 e. The van der Waals surface area contributed by atoms with Gasteiger partial charge in [-0.15, -0.1) is 0 Å². The van der Waals surface area contributed by atoms with E-state index in [9.17, 15) is 0 Å². The van der Waals surface area contributed by atoms with Gasteiger partial charge in [0.15, 0.2) is 0 Å². The fourth-order valence-corrected chi connectivity index (χ4v) is 2.04. The van der Waals surface area contributed by atoms with E-state index >= 15 is 0 Å². The molecule has 2 aromatic carbocycles. The molecule has 0 aliphatic rings. The molecule has 2 N–H and O–H groups in total. The van der Waals surface area contributed by atoms with E-state index < -0.39 is 0 Å². The summed E-state index contributed by atoms with van der Waals surface area (Å²) in [6.07, 6.45) is 0. The summed E-state index contributed by atoms with van der Waals surface area (Å²) in [6, 6.07) is 11.8. The number of hydrogen-bond donors (Lipinski definition) is 1. The molecule has 3 heteroatoms. The Balaban J connectivity index is 1.86. The second-order valence-electron chi connectivity index (χ2n) is 4.99. The summed E-state index contributed by atoms with van der Waals surface area (Å²) in [4.78, 5) is 0. The highest BCUT2D eigenvalue weighted by molar-refractivity contribution is 5.47. The van der Waals surface area contributed by atoms with Gasteiger partial charge in [0.1, 0.15) is 24.7 Å². The minimum atomic E-state index is 0.498. The van der Waals surface area contributed by atoms with Crippen LogP contribution in [0.2, 0.25) is 0 Å². The third-order valence-corrected chi connectivity index (χ3v) is 3.14. The Morgan fingerprint density at radius 3 is 2.20 bits per heavy atom. The Labute approximate surface area is 120 Å². The molecule has 0 atom stereocenters. The minimum absolute atomic E-state index is 0.498. The van der Waals surface area contributed by atoms with Crippen molar-refractivity contribution in [3.05, 3.63) is 53.1 Å². The van der Waals surface area contributed by atoms with Gasteiger partial charge in [-0.2, -0.15) is 0 Å². The number of anilines is 1. The number of aryl methyl sites for hydroxylation is 3. The molecule has 0 amide bonds. The summed E-state index contributed by atoms with van der Waals surface area (Å²) in [5.74, 6) is 1.72. The van der Waals surface area contributed by atoms with Crippen molar-refractivity contribution < 1.29 is 9.47 Å². The van der Waals surface area contributed by atoms with Crippen LogP contribution in [0.25, 0.3) is 0 Å². The lowest BCUT2D eigenvalue weighted by Crippen LogP contribution is -2.10. The second kappa shape index (κ2) is 6.33. The van der Waals surface area contributed by atoms with Crippen LogP contribution in [0.4, 0.5) is 5.69 Å². The molecule has 0 radical (unpaired) electrons. The first-order valence-electron chi connectivity index (χ1n) is 6.75. The molecule has 2 aromatic rings. The third-order valence-electron chi connectivity index (χ3n) is 3.14. The topological polar surface area (TPSA) is 44.5 Å². The van der Waals surface area contributed by atoms with Gasteiger partial charge >= 0.3 is 0 Å². The lowest BCUT2D eigenvalue weighted by molar-refractivity contribution is 0.215. The normalized spacial score (nSPS) is 10.3. The number of hydrogen-bond acceptors (Lipinski definition) is 3. The standard InChI is InChI=1S/C17H21NO2/c1-12-4-7-16(14(3)10-12)19-8-9-20-17-11-15(18)6-5-13(17)2/h4-7,10-11H,8-9,18H2,1-3H3. The molecule has 0 saturated carbocycles. The fraction of sp³-hybridized carbons (Fsp3) is 0.294. The maximum Gasteiger partial charge on any atom is 0.124 e. The van der Waals surface area contributed by atoms with Crippen LogP contribution in [0.5, 0.6) is 11.5 Å². The highest BCUT2D eigenvalue weighted by atomic mass is 16.5. The molecule has 2 rings (SSSR count). The molecule has 0 unspecified atom stereocenters. The summed E-state index contributed by atoms with van der Waals surface area (Å²) >= 11 is 0. The van der Waals surface area contributed by atoms with Crippen molar-refractivity contribution in [3.63, 3.8) is 0 Å². The number of nitrogen functional groups attached to an aromatic ring is 1. The quantitative estimate of drug-likeness (QED) is 0.667. The average Bonchev–Trinajstić information content (AvgIpc) is 2.40. The average molecular weight is 271 g/mol. The Bertz CT molecular complexity index is 594. The van der Waals surface area contributed by atoms with Crippen LogP contribution in [0.1, 0.15) is 16.7 Å².